The van der Waals surface area contributed by atoms with Crippen molar-refractivity contribution in [3.63, 3.8) is 0 Å². The van der Waals surface area contributed by atoms with Crippen molar-refractivity contribution in [3.8, 4) is 5.75 Å². The van der Waals surface area contributed by atoms with E-state index in [0.717, 1.165) is 0 Å². The molecule has 1 rings (SSSR count). The summed E-state index contributed by atoms with van der Waals surface area (Å²) < 4.78 is 34.3. The number of halogens is 4. The van der Waals surface area contributed by atoms with Gasteiger partial charge < -0.3 is 9.47 Å². The molecule has 0 atom stereocenters. The monoisotopic (exact) mass is 400 g/mol. The van der Waals surface area contributed by atoms with Crippen LogP contribution in [0.1, 0.15) is 18.1 Å². The molecule has 1 aromatic rings. The molecular weight excluding hydrogens is 390 g/mol. The van der Waals surface area contributed by atoms with Crippen LogP contribution in [0.2, 0.25) is 0 Å². The first-order valence-electron chi connectivity index (χ1n) is 5.45. The van der Waals surface area contributed by atoms with Crippen LogP contribution in [0.15, 0.2) is 16.6 Å². The fourth-order valence-corrected chi connectivity index (χ4v) is 2.57. The lowest BCUT2D eigenvalue weighted by Gasteiger charge is -2.13. The van der Waals surface area contributed by atoms with Crippen molar-refractivity contribution in [1.82, 2.24) is 0 Å². The lowest BCUT2D eigenvalue weighted by atomic mass is 10.1. The van der Waals surface area contributed by atoms with Crippen LogP contribution in [0, 0.1) is 0 Å². The van der Waals surface area contributed by atoms with Gasteiger partial charge in [0.2, 0.25) is 0 Å². The fraction of sp³-hybridized carbons (Fsp3) is 0.417. The highest BCUT2D eigenvalue weighted by molar-refractivity contribution is 9.10. The van der Waals surface area contributed by atoms with Crippen molar-refractivity contribution in [2.24, 2.45) is 0 Å². The standard InChI is InChI=1S/C12H12Br2F2O3/c1-2-18-10(17)5-7-3-8(6-13)11(9(14)4-7)19-12(15)16/h3-4,12H,2,5-6H2,1H3. The molecule has 0 bridgehead atoms. The molecule has 0 radical (unpaired) electrons. The van der Waals surface area contributed by atoms with Crippen LogP contribution in [0.5, 0.6) is 5.75 Å². The maximum Gasteiger partial charge on any atom is 0.387 e. The number of benzene rings is 1. The average Bonchev–Trinajstić information content (AvgIpc) is 2.32. The number of hydrogen-bond acceptors (Lipinski definition) is 3. The summed E-state index contributed by atoms with van der Waals surface area (Å²) in [6.45, 7) is -0.875. The van der Waals surface area contributed by atoms with Gasteiger partial charge in [-0.05, 0) is 34.5 Å². The van der Waals surface area contributed by atoms with E-state index >= 15 is 0 Å². The summed E-state index contributed by atoms with van der Waals surface area (Å²) in [7, 11) is 0. The molecule has 0 aliphatic heterocycles. The highest BCUT2D eigenvalue weighted by Gasteiger charge is 2.15. The van der Waals surface area contributed by atoms with Gasteiger partial charge in [-0.15, -0.1) is 0 Å². The second-order valence-corrected chi connectivity index (χ2v) is 4.97. The van der Waals surface area contributed by atoms with Crippen molar-refractivity contribution in [2.75, 3.05) is 6.61 Å². The van der Waals surface area contributed by atoms with Crippen molar-refractivity contribution in [3.05, 3.63) is 27.7 Å². The Bertz CT molecular complexity index is 453. The van der Waals surface area contributed by atoms with E-state index in [1.807, 2.05) is 0 Å². The molecule has 0 heterocycles. The molecule has 7 heteroatoms. The van der Waals surface area contributed by atoms with E-state index in [4.69, 9.17) is 4.74 Å². The highest BCUT2D eigenvalue weighted by atomic mass is 79.9. The van der Waals surface area contributed by atoms with Gasteiger partial charge in [0.1, 0.15) is 5.75 Å². The highest BCUT2D eigenvalue weighted by Crippen LogP contribution is 2.33. The van der Waals surface area contributed by atoms with Crippen molar-refractivity contribution in [2.45, 2.75) is 25.3 Å². The summed E-state index contributed by atoms with van der Waals surface area (Å²) in [6.07, 6.45) is 0.0847. The number of hydrogen-bond donors (Lipinski definition) is 0. The minimum Gasteiger partial charge on any atom is -0.466 e. The van der Waals surface area contributed by atoms with Crippen LogP contribution >= 0.6 is 31.9 Å². The van der Waals surface area contributed by atoms with Gasteiger partial charge in [-0.25, -0.2) is 0 Å². The predicted molar refractivity (Wildman–Crippen MR) is 73.7 cm³/mol. The molecule has 0 fully saturated rings. The number of esters is 1. The van der Waals surface area contributed by atoms with Crippen molar-refractivity contribution < 1.29 is 23.0 Å². The molecule has 3 nitrogen and oxygen atoms in total. The maximum absolute atomic E-state index is 12.3. The first-order chi connectivity index (χ1) is 8.97. The molecule has 0 aliphatic rings. The number of ether oxygens (including phenoxy) is 2. The Morgan fingerprint density at radius 2 is 2.11 bits per heavy atom. The second-order valence-electron chi connectivity index (χ2n) is 3.56. The molecule has 0 saturated heterocycles. The lowest BCUT2D eigenvalue weighted by molar-refractivity contribution is -0.142. The Balaban J connectivity index is 2.98. The van der Waals surface area contributed by atoms with E-state index in [0.29, 0.717) is 27.5 Å². The molecule has 0 spiro atoms. The molecule has 106 valence electrons. The third kappa shape index (κ3) is 5.06. The van der Waals surface area contributed by atoms with Gasteiger partial charge in [-0.1, -0.05) is 22.0 Å². The first kappa shape index (κ1) is 16.4. The van der Waals surface area contributed by atoms with Crippen LogP contribution in [0.25, 0.3) is 0 Å². The predicted octanol–water partition coefficient (Wildman–Crippen LogP) is 4.05. The maximum atomic E-state index is 12.3. The van der Waals surface area contributed by atoms with E-state index < -0.39 is 6.61 Å². The zero-order valence-corrected chi connectivity index (χ0v) is 13.3. The summed E-state index contributed by atoms with van der Waals surface area (Å²) in [5.74, 6) is -0.295. The first-order valence-corrected chi connectivity index (χ1v) is 7.37. The van der Waals surface area contributed by atoms with E-state index in [1.165, 1.54) is 0 Å². The second kappa shape index (κ2) is 7.79. The van der Waals surface area contributed by atoms with Crippen LogP contribution in [-0.2, 0) is 21.3 Å². The fourth-order valence-electron chi connectivity index (χ4n) is 1.51. The molecule has 1 aromatic carbocycles. The summed E-state index contributed by atoms with van der Waals surface area (Å²) in [6, 6.07) is 3.20. The molecule has 0 saturated carbocycles. The lowest BCUT2D eigenvalue weighted by Crippen LogP contribution is -2.09. The molecule has 0 N–H and O–H groups in total. The van der Waals surface area contributed by atoms with Gasteiger partial charge in [0.15, 0.2) is 0 Å². The third-order valence-electron chi connectivity index (χ3n) is 2.19. The Morgan fingerprint density at radius 3 is 2.63 bits per heavy atom. The Morgan fingerprint density at radius 1 is 1.42 bits per heavy atom. The van der Waals surface area contributed by atoms with Crippen LogP contribution in [0.4, 0.5) is 8.78 Å². The molecular formula is C12H12Br2F2O3. The van der Waals surface area contributed by atoms with Gasteiger partial charge in [-0.2, -0.15) is 8.78 Å². The summed E-state index contributed by atoms with van der Waals surface area (Å²) in [5, 5.41) is 0.338. The summed E-state index contributed by atoms with van der Waals surface area (Å²) in [4.78, 5) is 11.4. The number of carbonyl (C=O) groups excluding carboxylic acids is 1. The quantitative estimate of drug-likeness (QED) is 0.532. The van der Waals surface area contributed by atoms with Gasteiger partial charge in [-0.3, -0.25) is 4.79 Å². The van der Waals surface area contributed by atoms with Gasteiger partial charge in [0.25, 0.3) is 0 Å². The summed E-state index contributed by atoms with van der Waals surface area (Å²) >= 11 is 6.37. The van der Waals surface area contributed by atoms with E-state index in [2.05, 4.69) is 36.6 Å². The van der Waals surface area contributed by atoms with Crippen LogP contribution < -0.4 is 4.74 Å². The van der Waals surface area contributed by atoms with Crippen molar-refractivity contribution in [1.29, 1.82) is 0 Å². The molecule has 0 unspecified atom stereocenters. The molecule has 0 amide bonds. The smallest absolute Gasteiger partial charge is 0.387 e. The van der Waals surface area contributed by atoms with E-state index in [1.54, 1.807) is 19.1 Å². The van der Waals surface area contributed by atoms with Gasteiger partial charge in [0.05, 0.1) is 17.5 Å². The van der Waals surface area contributed by atoms with Crippen molar-refractivity contribution >= 4 is 37.8 Å². The summed E-state index contributed by atoms with van der Waals surface area (Å²) in [5.41, 5.74) is 1.20. The van der Waals surface area contributed by atoms with Gasteiger partial charge in [0, 0.05) is 10.9 Å². The number of carbonyl (C=O) groups is 1. The third-order valence-corrected chi connectivity index (χ3v) is 3.38. The Labute approximate surface area is 126 Å². The Kier molecular flexibility index (Phi) is 6.71. The average molecular weight is 402 g/mol. The topological polar surface area (TPSA) is 35.5 Å². The normalized spacial score (nSPS) is 10.6. The largest absolute Gasteiger partial charge is 0.466 e. The number of alkyl halides is 3. The van der Waals surface area contributed by atoms with E-state index in [-0.39, 0.29) is 18.1 Å². The number of rotatable bonds is 6. The molecule has 0 aromatic heterocycles. The van der Waals surface area contributed by atoms with E-state index in [9.17, 15) is 13.6 Å². The van der Waals surface area contributed by atoms with Gasteiger partial charge >= 0.3 is 12.6 Å². The molecule has 19 heavy (non-hydrogen) atoms. The SMILES string of the molecule is CCOC(=O)Cc1cc(Br)c(OC(F)F)c(CBr)c1. The van der Waals surface area contributed by atoms with Crippen LogP contribution in [0.3, 0.4) is 0 Å². The minimum atomic E-state index is -2.90. The molecule has 0 aliphatic carbocycles. The van der Waals surface area contributed by atoms with Crippen LogP contribution in [-0.4, -0.2) is 19.2 Å². The minimum absolute atomic E-state index is 0.0690. The zero-order chi connectivity index (χ0) is 14.4. The zero-order valence-electron chi connectivity index (χ0n) is 10.1. The Hall–Kier alpha value is -0.690.